The van der Waals surface area contributed by atoms with Crippen LogP contribution in [0.4, 0.5) is 22.0 Å². The van der Waals surface area contributed by atoms with Gasteiger partial charge in [0, 0.05) is 6.92 Å². The number of ether oxygens (including phenoxy) is 1. The molecule has 12 heteroatoms. The van der Waals surface area contributed by atoms with Gasteiger partial charge in [0.05, 0.1) is 0 Å². The first-order chi connectivity index (χ1) is 7.17. The lowest BCUT2D eigenvalue weighted by atomic mass is 10.3. The summed E-state index contributed by atoms with van der Waals surface area (Å²) in [6.45, 7) is 0.199. The summed E-state index contributed by atoms with van der Waals surface area (Å²) in [4.78, 5) is 10.2. The van der Waals surface area contributed by atoms with Crippen LogP contribution in [0.15, 0.2) is 0 Å². The smallest absolute Gasteiger partial charge is 0.463 e. The summed E-state index contributed by atoms with van der Waals surface area (Å²) in [6, 6.07) is 0. The van der Waals surface area contributed by atoms with E-state index in [9.17, 15) is 39.7 Å². The first-order valence-corrected chi connectivity index (χ1v) is 4.89. The molecule has 102 valence electrons. The van der Waals surface area contributed by atoms with Gasteiger partial charge in [0.2, 0.25) is 0 Å². The van der Waals surface area contributed by atoms with Crippen LogP contribution in [0.3, 0.4) is 0 Å². The van der Waals surface area contributed by atoms with Crippen LogP contribution < -0.4 is 0 Å². The third-order valence-electron chi connectivity index (χ3n) is 1.38. The van der Waals surface area contributed by atoms with Gasteiger partial charge in [-0.25, -0.2) is 8.42 Å². The number of hydrogen-bond donors (Lipinski definition) is 1. The van der Waals surface area contributed by atoms with E-state index in [4.69, 9.17) is 5.11 Å². The minimum Gasteiger partial charge on any atom is -0.743 e. The maximum Gasteiger partial charge on any atom is 0.463 e. The zero-order valence-corrected chi connectivity index (χ0v) is 8.60. The second kappa shape index (κ2) is 4.03. The molecule has 0 saturated carbocycles. The maximum absolute atomic E-state index is 12.7. The van der Waals surface area contributed by atoms with E-state index in [-0.39, 0.29) is 6.92 Å². The van der Waals surface area contributed by atoms with E-state index < -0.39 is 33.3 Å². The molecule has 0 saturated heterocycles. The van der Waals surface area contributed by atoms with Crippen molar-refractivity contribution in [3.63, 3.8) is 0 Å². The molecular formula is C5H4F5O6S-. The molecule has 0 aromatic carbocycles. The molecule has 0 aromatic rings. The highest BCUT2D eigenvalue weighted by atomic mass is 32.2. The quantitative estimate of drug-likeness (QED) is 0.337. The summed E-state index contributed by atoms with van der Waals surface area (Å²) in [5.41, 5.74) is 0. The van der Waals surface area contributed by atoms with Crippen molar-refractivity contribution >= 4 is 16.1 Å². The summed E-state index contributed by atoms with van der Waals surface area (Å²) >= 11 is 0. The van der Waals surface area contributed by atoms with E-state index >= 15 is 0 Å². The van der Waals surface area contributed by atoms with Crippen molar-refractivity contribution in [3.05, 3.63) is 0 Å². The Balaban J connectivity index is 5.91. The average molecular weight is 287 g/mol. The number of hydrogen-bond acceptors (Lipinski definition) is 6. The predicted octanol–water partition coefficient (Wildman–Crippen LogP) is -0.0616. The number of esters is 1. The molecule has 0 aromatic heterocycles. The Morgan fingerprint density at radius 2 is 1.59 bits per heavy atom. The second-order valence-electron chi connectivity index (χ2n) is 2.71. The van der Waals surface area contributed by atoms with E-state index in [1.165, 1.54) is 0 Å². The monoisotopic (exact) mass is 287 g/mol. The minimum absolute atomic E-state index is 0.199. The Morgan fingerprint density at radius 3 is 1.76 bits per heavy atom. The van der Waals surface area contributed by atoms with Crippen LogP contribution in [-0.2, 0) is 19.6 Å². The highest BCUT2D eigenvalue weighted by Gasteiger charge is 2.76. The molecule has 0 fully saturated rings. The zero-order valence-electron chi connectivity index (χ0n) is 7.79. The third kappa shape index (κ3) is 2.63. The molecule has 0 bridgehead atoms. The van der Waals surface area contributed by atoms with Crippen molar-refractivity contribution in [2.24, 2.45) is 0 Å². The number of halogens is 5. The predicted molar refractivity (Wildman–Crippen MR) is 37.4 cm³/mol. The fourth-order valence-electron chi connectivity index (χ4n) is 0.660. The molecule has 0 amide bonds. The fraction of sp³-hybridized carbons (Fsp3) is 0.800. The van der Waals surface area contributed by atoms with Crippen LogP contribution in [0, 0.1) is 0 Å². The van der Waals surface area contributed by atoms with Crippen molar-refractivity contribution in [1.82, 2.24) is 0 Å². The molecule has 0 heterocycles. The van der Waals surface area contributed by atoms with Crippen LogP contribution in [-0.4, -0.2) is 41.3 Å². The molecule has 1 unspecified atom stereocenters. The highest BCUT2D eigenvalue weighted by molar-refractivity contribution is 7.86. The van der Waals surface area contributed by atoms with Gasteiger partial charge in [0.1, 0.15) is 0 Å². The molecule has 0 radical (unpaired) electrons. The lowest BCUT2D eigenvalue weighted by Gasteiger charge is -2.36. The van der Waals surface area contributed by atoms with Gasteiger partial charge in [-0.3, -0.25) is 4.79 Å². The van der Waals surface area contributed by atoms with Gasteiger partial charge in [0.15, 0.2) is 10.1 Å². The molecule has 17 heavy (non-hydrogen) atoms. The number of rotatable bonds is 3. The first-order valence-electron chi connectivity index (χ1n) is 3.49. The maximum atomic E-state index is 12.7. The SMILES string of the molecule is CC(=O)OC(O)(C(F)(F)F)C(F)(F)S(=O)(=O)[O-]. The average Bonchev–Trinajstić information content (AvgIpc) is 1.97. The van der Waals surface area contributed by atoms with Crippen LogP contribution in [0.25, 0.3) is 0 Å². The molecule has 0 aliphatic carbocycles. The Labute approximate surface area is 90.7 Å². The van der Waals surface area contributed by atoms with E-state index in [2.05, 4.69) is 4.74 Å². The third-order valence-corrected chi connectivity index (χ3v) is 2.29. The van der Waals surface area contributed by atoms with Gasteiger partial charge in [-0.1, -0.05) is 0 Å². The van der Waals surface area contributed by atoms with Gasteiger partial charge in [-0.05, 0) is 0 Å². The van der Waals surface area contributed by atoms with Gasteiger partial charge in [-0.2, -0.15) is 22.0 Å². The van der Waals surface area contributed by atoms with E-state index in [0.717, 1.165) is 0 Å². The van der Waals surface area contributed by atoms with E-state index in [0.29, 0.717) is 0 Å². The molecule has 0 rings (SSSR count). The standard InChI is InChI=1S/C5H5F5O6S/c1-2(11)16-3(12,4(6,7)8)5(9,10)17(13,14)15/h12H,1H3,(H,13,14,15)/p-1. The van der Waals surface area contributed by atoms with Crippen molar-refractivity contribution in [2.45, 2.75) is 24.1 Å². The van der Waals surface area contributed by atoms with E-state index in [1.807, 2.05) is 0 Å². The molecule has 1 N–H and O–H groups in total. The summed E-state index contributed by atoms with van der Waals surface area (Å²) in [5.74, 6) is -7.81. The largest absolute Gasteiger partial charge is 0.743 e. The number of aliphatic hydroxyl groups is 1. The molecule has 0 aliphatic heterocycles. The highest BCUT2D eigenvalue weighted by Crippen LogP contribution is 2.45. The van der Waals surface area contributed by atoms with Crippen molar-refractivity contribution < 1.29 is 49.6 Å². The Bertz CT molecular complexity index is 413. The summed E-state index contributed by atoms with van der Waals surface area (Å²) in [7, 11) is -6.92. The lowest BCUT2D eigenvalue weighted by molar-refractivity contribution is -0.397. The lowest BCUT2D eigenvalue weighted by Crippen LogP contribution is -2.64. The van der Waals surface area contributed by atoms with E-state index in [1.54, 1.807) is 0 Å². The fourth-order valence-corrected chi connectivity index (χ4v) is 1.16. The zero-order chi connectivity index (χ0) is 14.3. The minimum atomic E-state index is -6.92. The number of carbonyl (C=O) groups is 1. The number of alkyl halides is 5. The summed E-state index contributed by atoms with van der Waals surface area (Å²) in [6.07, 6.45) is -6.39. The molecule has 6 nitrogen and oxygen atoms in total. The summed E-state index contributed by atoms with van der Waals surface area (Å²) in [5, 5.41) is 2.20. The van der Waals surface area contributed by atoms with Crippen molar-refractivity contribution in [3.8, 4) is 0 Å². The van der Waals surface area contributed by atoms with Crippen LogP contribution in [0.1, 0.15) is 6.92 Å². The van der Waals surface area contributed by atoms with Crippen LogP contribution in [0.5, 0.6) is 0 Å². The Morgan fingerprint density at radius 1 is 1.24 bits per heavy atom. The van der Waals surface area contributed by atoms with Crippen molar-refractivity contribution in [2.75, 3.05) is 0 Å². The Kier molecular flexibility index (Phi) is 3.79. The topological polar surface area (TPSA) is 104 Å². The first kappa shape index (κ1) is 16.0. The van der Waals surface area contributed by atoms with Gasteiger partial charge < -0.3 is 14.4 Å². The Hall–Kier alpha value is -1.01. The van der Waals surface area contributed by atoms with Gasteiger partial charge >= 0.3 is 23.2 Å². The summed E-state index contributed by atoms with van der Waals surface area (Å²) < 4.78 is 94.4. The van der Waals surface area contributed by atoms with Gasteiger partial charge in [-0.15, -0.1) is 0 Å². The van der Waals surface area contributed by atoms with Crippen LogP contribution in [0.2, 0.25) is 0 Å². The molecule has 1 atom stereocenters. The molecule has 0 spiro atoms. The molecule has 0 aliphatic rings. The normalized spacial score (nSPS) is 17.4. The second-order valence-corrected chi connectivity index (χ2v) is 4.13. The molecular weight excluding hydrogens is 283 g/mol. The van der Waals surface area contributed by atoms with Gasteiger partial charge in [0.25, 0.3) is 0 Å². The number of carbonyl (C=O) groups excluding carboxylic acids is 1. The van der Waals surface area contributed by atoms with Crippen LogP contribution >= 0.6 is 0 Å². The van der Waals surface area contributed by atoms with Crippen molar-refractivity contribution in [1.29, 1.82) is 0 Å².